The van der Waals surface area contributed by atoms with E-state index in [1.165, 1.54) is 5.56 Å². The Hall–Kier alpha value is -2.01. The number of aryl methyl sites for hydroxylation is 2. The van der Waals surface area contributed by atoms with Crippen molar-refractivity contribution in [2.45, 2.75) is 39.7 Å². The fourth-order valence-electron chi connectivity index (χ4n) is 2.80. The van der Waals surface area contributed by atoms with Crippen molar-refractivity contribution in [1.29, 1.82) is 0 Å². The van der Waals surface area contributed by atoms with Gasteiger partial charge >= 0.3 is 0 Å². The highest BCUT2D eigenvalue weighted by molar-refractivity contribution is 9.10. The molecule has 0 unspecified atom stereocenters. The van der Waals surface area contributed by atoms with Gasteiger partial charge in [-0.1, -0.05) is 32.0 Å². The van der Waals surface area contributed by atoms with Gasteiger partial charge in [-0.25, -0.2) is 0 Å². The third kappa shape index (κ3) is 5.24. The third-order valence-electron chi connectivity index (χ3n) is 4.33. The first kappa shape index (κ1) is 20.3. The number of rotatable bonds is 8. The van der Waals surface area contributed by atoms with Crippen LogP contribution in [0, 0.1) is 6.92 Å². The molecule has 0 aliphatic heterocycles. The standard InChI is InChI=1S/C21H26BrNO3/c1-5-15-7-9-20(17(22)12-15)26-13-21(24)23-18(6-2)16-8-10-19(25-4)14(3)11-16/h7-12,18H,5-6,13H2,1-4H3,(H,23,24)/t18-/m0/s1. The second kappa shape index (κ2) is 9.62. The van der Waals surface area contributed by atoms with Gasteiger partial charge in [0.25, 0.3) is 5.91 Å². The van der Waals surface area contributed by atoms with Crippen molar-refractivity contribution < 1.29 is 14.3 Å². The van der Waals surface area contributed by atoms with E-state index in [-0.39, 0.29) is 18.6 Å². The smallest absolute Gasteiger partial charge is 0.258 e. The largest absolute Gasteiger partial charge is 0.496 e. The number of ether oxygens (including phenoxy) is 2. The van der Waals surface area contributed by atoms with E-state index in [0.29, 0.717) is 5.75 Å². The molecule has 1 N–H and O–H groups in total. The normalized spacial score (nSPS) is 11.7. The zero-order chi connectivity index (χ0) is 19.1. The maximum atomic E-state index is 12.3. The molecule has 0 aromatic heterocycles. The number of carbonyl (C=O) groups excluding carboxylic acids is 1. The zero-order valence-electron chi connectivity index (χ0n) is 15.8. The molecule has 2 aromatic carbocycles. The summed E-state index contributed by atoms with van der Waals surface area (Å²) in [6, 6.07) is 11.8. The quantitative estimate of drug-likeness (QED) is 0.656. The summed E-state index contributed by atoms with van der Waals surface area (Å²) in [5.41, 5.74) is 3.33. The predicted octanol–water partition coefficient (Wildman–Crippen LogP) is 4.97. The number of hydrogen-bond acceptors (Lipinski definition) is 3. The van der Waals surface area contributed by atoms with E-state index < -0.39 is 0 Å². The average molecular weight is 420 g/mol. The minimum atomic E-state index is -0.142. The van der Waals surface area contributed by atoms with Gasteiger partial charge in [-0.3, -0.25) is 4.79 Å². The number of benzene rings is 2. The first-order valence-electron chi connectivity index (χ1n) is 8.83. The lowest BCUT2D eigenvalue weighted by molar-refractivity contribution is -0.123. The molecule has 0 saturated carbocycles. The molecule has 0 spiro atoms. The van der Waals surface area contributed by atoms with Gasteiger partial charge in [0.15, 0.2) is 6.61 Å². The number of hydrogen-bond donors (Lipinski definition) is 1. The van der Waals surface area contributed by atoms with Crippen LogP contribution in [0.25, 0.3) is 0 Å². The summed E-state index contributed by atoms with van der Waals surface area (Å²) < 4.78 is 11.8. The van der Waals surface area contributed by atoms with E-state index in [1.807, 2.05) is 50.2 Å². The lowest BCUT2D eigenvalue weighted by Crippen LogP contribution is -2.32. The van der Waals surface area contributed by atoms with Crippen LogP contribution in [0.1, 0.15) is 43.0 Å². The van der Waals surface area contributed by atoms with Crippen molar-refractivity contribution in [3.05, 3.63) is 57.6 Å². The number of nitrogens with one attached hydrogen (secondary N) is 1. The van der Waals surface area contributed by atoms with Crippen LogP contribution in [0.2, 0.25) is 0 Å². The monoisotopic (exact) mass is 419 g/mol. The summed E-state index contributed by atoms with van der Waals surface area (Å²) in [6.45, 7) is 6.13. The SMILES string of the molecule is CCc1ccc(OCC(=O)N[C@@H](CC)c2ccc(OC)c(C)c2)c(Br)c1. The highest BCUT2D eigenvalue weighted by Gasteiger charge is 2.15. The van der Waals surface area contributed by atoms with Gasteiger partial charge in [0.2, 0.25) is 0 Å². The van der Waals surface area contributed by atoms with Crippen molar-refractivity contribution in [2.24, 2.45) is 0 Å². The molecular formula is C21H26BrNO3. The Morgan fingerprint density at radius 3 is 2.46 bits per heavy atom. The van der Waals surface area contributed by atoms with E-state index in [9.17, 15) is 4.79 Å². The minimum Gasteiger partial charge on any atom is -0.496 e. The summed E-state index contributed by atoms with van der Waals surface area (Å²) in [6.07, 6.45) is 1.76. The summed E-state index contributed by atoms with van der Waals surface area (Å²) in [4.78, 5) is 12.3. The zero-order valence-corrected chi connectivity index (χ0v) is 17.4. The highest BCUT2D eigenvalue weighted by atomic mass is 79.9. The number of carbonyl (C=O) groups is 1. The van der Waals surface area contributed by atoms with Gasteiger partial charge in [0.1, 0.15) is 11.5 Å². The average Bonchev–Trinajstić information content (AvgIpc) is 2.64. The van der Waals surface area contributed by atoms with Crippen LogP contribution in [0.5, 0.6) is 11.5 Å². The summed E-state index contributed by atoms with van der Waals surface area (Å²) in [7, 11) is 1.66. The third-order valence-corrected chi connectivity index (χ3v) is 4.95. The Kier molecular flexibility index (Phi) is 7.51. The first-order chi connectivity index (χ1) is 12.5. The van der Waals surface area contributed by atoms with Crippen LogP contribution >= 0.6 is 15.9 Å². The number of methoxy groups -OCH3 is 1. The molecule has 0 fully saturated rings. The molecule has 5 heteroatoms. The van der Waals surface area contributed by atoms with Crippen molar-refractivity contribution in [3.8, 4) is 11.5 Å². The maximum Gasteiger partial charge on any atom is 0.258 e. The Bertz CT molecular complexity index is 761. The Labute approximate surface area is 164 Å². The lowest BCUT2D eigenvalue weighted by atomic mass is 10.0. The lowest BCUT2D eigenvalue weighted by Gasteiger charge is -2.19. The van der Waals surface area contributed by atoms with E-state index in [0.717, 1.165) is 34.2 Å². The molecule has 0 saturated heterocycles. The van der Waals surface area contributed by atoms with Gasteiger partial charge in [-0.05, 0) is 70.6 Å². The van der Waals surface area contributed by atoms with Crippen molar-refractivity contribution in [1.82, 2.24) is 5.32 Å². The molecule has 140 valence electrons. The maximum absolute atomic E-state index is 12.3. The molecule has 4 nitrogen and oxygen atoms in total. The Balaban J connectivity index is 1.98. The molecule has 2 rings (SSSR count). The molecule has 2 aromatic rings. The van der Waals surface area contributed by atoms with Crippen LogP contribution < -0.4 is 14.8 Å². The van der Waals surface area contributed by atoms with E-state index >= 15 is 0 Å². The molecule has 1 amide bonds. The predicted molar refractivity (Wildman–Crippen MR) is 108 cm³/mol. The summed E-state index contributed by atoms with van der Waals surface area (Å²) in [5.74, 6) is 1.38. The van der Waals surface area contributed by atoms with E-state index in [1.54, 1.807) is 7.11 Å². The fourth-order valence-corrected chi connectivity index (χ4v) is 3.34. The van der Waals surface area contributed by atoms with Crippen LogP contribution in [0.3, 0.4) is 0 Å². The molecule has 1 atom stereocenters. The highest BCUT2D eigenvalue weighted by Crippen LogP contribution is 2.27. The number of halogens is 1. The second-order valence-electron chi connectivity index (χ2n) is 6.16. The van der Waals surface area contributed by atoms with Gasteiger partial charge < -0.3 is 14.8 Å². The van der Waals surface area contributed by atoms with Crippen LogP contribution in [-0.4, -0.2) is 19.6 Å². The van der Waals surface area contributed by atoms with Crippen LogP contribution in [0.15, 0.2) is 40.9 Å². The second-order valence-corrected chi connectivity index (χ2v) is 7.02. The van der Waals surface area contributed by atoms with Crippen molar-refractivity contribution in [3.63, 3.8) is 0 Å². The molecule has 0 aliphatic carbocycles. The van der Waals surface area contributed by atoms with Crippen molar-refractivity contribution in [2.75, 3.05) is 13.7 Å². The van der Waals surface area contributed by atoms with Gasteiger partial charge in [-0.2, -0.15) is 0 Å². The van der Waals surface area contributed by atoms with Gasteiger partial charge in [0.05, 0.1) is 17.6 Å². The van der Waals surface area contributed by atoms with E-state index in [4.69, 9.17) is 9.47 Å². The minimum absolute atomic E-state index is 0.0181. The summed E-state index contributed by atoms with van der Waals surface area (Å²) in [5, 5.41) is 3.04. The number of amides is 1. The van der Waals surface area contributed by atoms with Crippen LogP contribution in [0.4, 0.5) is 0 Å². The summed E-state index contributed by atoms with van der Waals surface area (Å²) >= 11 is 3.49. The molecular weight excluding hydrogens is 394 g/mol. The molecule has 0 heterocycles. The topological polar surface area (TPSA) is 47.6 Å². The molecule has 0 bridgehead atoms. The van der Waals surface area contributed by atoms with E-state index in [2.05, 4.69) is 28.2 Å². The first-order valence-corrected chi connectivity index (χ1v) is 9.62. The van der Waals surface area contributed by atoms with Crippen molar-refractivity contribution >= 4 is 21.8 Å². The van der Waals surface area contributed by atoms with Crippen LogP contribution in [-0.2, 0) is 11.2 Å². The van der Waals surface area contributed by atoms with Gasteiger partial charge in [0, 0.05) is 0 Å². The molecule has 0 radical (unpaired) electrons. The molecule has 26 heavy (non-hydrogen) atoms. The Morgan fingerprint density at radius 1 is 1.15 bits per heavy atom. The van der Waals surface area contributed by atoms with Gasteiger partial charge in [-0.15, -0.1) is 0 Å². The fraction of sp³-hybridized carbons (Fsp3) is 0.381. The Morgan fingerprint density at radius 2 is 1.88 bits per heavy atom. The molecule has 0 aliphatic rings.